The molecule has 1 rings (SSSR count). The number of hydrogen-bond acceptors (Lipinski definition) is 4. The highest BCUT2D eigenvalue weighted by Crippen LogP contribution is 2.22. The molecule has 0 saturated carbocycles. The third kappa shape index (κ3) is 4.34. The van der Waals surface area contributed by atoms with Crippen molar-refractivity contribution in [2.24, 2.45) is 5.73 Å². The Balaban J connectivity index is 2.57. The summed E-state index contributed by atoms with van der Waals surface area (Å²) in [7, 11) is 0. The molecule has 1 heterocycles. The van der Waals surface area contributed by atoms with Gasteiger partial charge in [0, 0.05) is 19.0 Å². The quantitative estimate of drug-likeness (QED) is 0.809. The Morgan fingerprint density at radius 1 is 1.41 bits per heavy atom. The zero-order valence-corrected chi connectivity index (χ0v) is 10.9. The fourth-order valence-corrected chi connectivity index (χ4v) is 1.95. The predicted molar refractivity (Wildman–Crippen MR) is 64.6 cm³/mol. The maximum absolute atomic E-state index is 11.9. The summed E-state index contributed by atoms with van der Waals surface area (Å²) in [4.78, 5) is 24.9. The highest BCUT2D eigenvalue weighted by atomic mass is 16.6. The fourth-order valence-electron chi connectivity index (χ4n) is 1.95. The maximum atomic E-state index is 11.9. The first kappa shape index (κ1) is 14.0. The van der Waals surface area contributed by atoms with Crippen molar-refractivity contribution in [1.29, 1.82) is 0 Å². The lowest BCUT2D eigenvalue weighted by Crippen LogP contribution is -2.41. The Kier molecular flexibility index (Phi) is 4.51. The molecule has 2 N–H and O–H groups in total. The molecular weight excluding hydrogens is 220 g/mol. The van der Waals surface area contributed by atoms with Gasteiger partial charge in [-0.25, -0.2) is 4.79 Å². The van der Waals surface area contributed by atoms with Gasteiger partial charge in [0.15, 0.2) is 0 Å². The Hall–Kier alpha value is -1.10. The number of hydrogen-bond donors (Lipinski definition) is 1. The van der Waals surface area contributed by atoms with E-state index in [9.17, 15) is 9.59 Å². The van der Waals surface area contributed by atoms with Crippen molar-refractivity contribution in [3.8, 4) is 0 Å². The second-order valence-electron chi connectivity index (χ2n) is 5.42. The van der Waals surface area contributed by atoms with Crippen LogP contribution in [0.3, 0.4) is 0 Å². The van der Waals surface area contributed by atoms with Gasteiger partial charge in [0.1, 0.15) is 11.4 Å². The number of nitrogens with zero attached hydrogens (tertiary/aromatic N) is 1. The van der Waals surface area contributed by atoms with E-state index < -0.39 is 5.60 Å². The molecule has 1 unspecified atom stereocenters. The van der Waals surface area contributed by atoms with Crippen LogP contribution in [0.25, 0.3) is 0 Å². The number of amides is 1. The van der Waals surface area contributed by atoms with Crippen LogP contribution in [0.1, 0.15) is 40.0 Å². The van der Waals surface area contributed by atoms with E-state index in [1.165, 1.54) is 0 Å². The molecule has 5 heteroatoms. The number of rotatable bonds is 3. The average Bonchev–Trinajstić information content (AvgIpc) is 2.63. The number of nitrogens with two attached hydrogens (primary N) is 1. The van der Waals surface area contributed by atoms with E-state index in [1.807, 2.05) is 20.8 Å². The summed E-state index contributed by atoms with van der Waals surface area (Å²) in [6, 6.07) is -0.0408. The topological polar surface area (TPSA) is 72.6 Å². The lowest BCUT2D eigenvalue weighted by atomic mass is 10.1. The van der Waals surface area contributed by atoms with E-state index >= 15 is 0 Å². The van der Waals surface area contributed by atoms with Gasteiger partial charge in [-0.2, -0.15) is 0 Å². The fraction of sp³-hybridized carbons (Fsp3) is 0.833. The van der Waals surface area contributed by atoms with Crippen LogP contribution in [0.15, 0.2) is 0 Å². The molecule has 1 fully saturated rings. The van der Waals surface area contributed by atoms with Gasteiger partial charge >= 0.3 is 6.09 Å². The van der Waals surface area contributed by atoms with Gasteiger partial charge < -0.3 is 15.4 Å². The molecule has 1 amide bonds. The van der Waals surface area contributed by atoms with Crippen molar-refractivity contribution in [2.45, 2.75) is 51.7 Å². The lowest BCUT2D eigenvalue weighted by molar-refractivity contribution is -0.118. The normalized spacial score (nSPS) is 20.5. The van der Waals surface area contributed by atoms with Crippen LogP contribution in [-0.2, 0) is 9.53 Å². The van der Waals surface area contributed by atoms with Crippen LogP contribution >= 0.6 is 0 Å². The summed E-state index contributed by atoms with van der Waals surface area (Å²) in [5.74, 6) is -0.00883. The summed E-state index contributed by atoms with van der Waals surface area (Å²) >= 11 is 0. The van der Waals surface area contributed by atoms with Gasteiger partial charge in [0.05, 0.1) is 6.54 Å². The second-order valence-corrected chi connectivity index (χ2v) is 5.42. The van der Waals surface area contributed by atoms with Crippen LogP contribution < -0.4 is 5.73 Å². The number of carbonyl (C=O) groups excluding carboxylic acids is 2. The predicted octanol–water partition coefficient (Wildman–Crippen LogP) is 1.30. The van der Waals surface area contributed by atoms with Gasteiger partial charge in [0.25, 0.3) is 0 Å². The van der Waals surface area contributed by atoms with E-state index in [0.29, 0.717) is 13.0 Å². The number of ketones is 1. The minimum absolute atomic E-state index is 0.00883. The van der Waals surface area contributed by atoms with E-state index in [0.717, 1.165) is 12.8 Å². The van der Waals surface area contributed by atoms with Crippen molar-refractivity contribution in [3.05, 3.63) is 0 Å². The van der Waals surface area contributed by atoms with Gasteiger partial charge in [-0.15, -0.1) is 0 Å². The monoisotopic (exact) mass is 242 g/mol. The molecule has 0 aromatic rings. The number of Topliss-reactive ketones (excluding diaryl/α,β-unsaturated/α-hetero) is 1. The molecule has 0 aliphatic carbocycles. The first-order chi connectivity index (χ1) is 7.83. The number of carbonyl (C=O) groups is 2. The van der Waals surface area contributed by atoms with Crippen LogP contribution in [0.2, 0.25) is 0 Å². The molecule has 1 aliphatic heterocycles. The standard InChI is InChI=1S/C12H22N2O3/c1-12(2,3)17-11(16)14-6-4-5-9(14)7-10(15)8-13/h9H,4-8,13H2,1-3H3. The van der Waals surface area contributed by atoms with Gasteiger partial charge in [-0.05, 0) is 33.6 Å². The van der Waals surface area contributed by atoms with Gasteiger partial charge in [-0.1, -0.05) is 0 Å². The van der Waals surface area contributed by atoms with Crippen molar-refractivity contribution in [3.63, 3.8) is 0 Å². The second kappa shape index (κ2) is 5.49. The van der Waals surface area contributed by atoms with Crippen molar-refractivity contribution in [1.82, 2.24) is 4.90 Å². The molecule has 1 saturated heterocycles. The lowest BCUT2D eigenvalue weighted by Gasteiger charge is -2.28. The molecule has 1 aliphatic rings. The maximum Gasteiger partial charge on any atom is 0.410 e. The van der Waals surface area contributed by atoms with Crippen LogP contribution in [0, 0.1) is 0 Å². The molecular formula is C12H22N2O3. The molecule has 0 bridgehead atoms. The van der Waals surface area contributed by atoms with Crippen molar-refractivity contribution in [2.75, 3.05) is 13.1 Å². The summed E-state index contributed by atoms with van der Waals surface area (Å²) < 4.78 is 5.31. The summed E-state index contributed by atoms with van der Waals surface area (Å²) in [5.41, 5.74) is 4.79. The molecule has 1 atom stereocenters. The molecule has 98 valence electrons. The SMILES string of the molecule is CC(C)(C)OC(=O)N1CCCC1CC(=O)CN. The Morgan fingerprint density at radius 3 is 2.59 bits per heavy atom. The minimum atomic E-state index is -0.498. The van der Waals surface area contributed by atoms with Crippen molar-refractivity contribution >= 4 is 11.9 Å². The van der Waals surface area contributed by atoms with Crippen molar-refractivity contribution < 1.29 is 14.3 Å². The van der Waals surface area contributed by atoms with E-state index in [2.05, 4.69) is 0 Å². The Labute approximate surface area is 102 Å². The smallest absolute Gasteiger partial charge is 0.410 e. The summed E-state index contributed by atoms with van der Waals surface area (Å²) in [5, 5.41) is 0. The number of ether oxygens (including phenoxy) is 1. The summed E-state index contributed by atoms with van der Waals surface area (Å²) in [6.45, 7) is 6.21. The van der Waals surface area contributed by atoms with Crippen LogP contribution in [0.4, 0.5) is 4.79 Å². The average molecular weight is 242 g/mol. The summed E-state index contributed by atoms with van der Waals surface area (Å²) in [6.07, 6.45) is 1.78. The molecule has 0 spiro atoms. The van der Waals surface area contributed by atoms with E-state index in [4.69, 9.17) is 10.5 Å². The first-order valence-corrected chi connectivity index (χ1v) is 6.05. The zero-order chi connectivity index (χ0) is 13.1. The Morgan fingerprint density at radius 2 is 2.06 bits per heavy atom. The molecule has 0 aromatic heterocycles. The van der Waals surface area contributed by atoms with E-state index in [-0.39, 0.29) is 24.5 Å². The molecule has 0 aromatic carbocycles. The first-order valence-electron chi connectivity index (χ1n) is 6.05. The van der Waals surface area contributed by atoms with E-state index in [1.54, 1.807) is 4.90 Å². The highest BCUT2D eigenvalue weighted by Gasteiger charge is 2.32. The van der Waals surface area contributed by atoms with Gasteiger partial charge in [0.2, 0.25) is 0 Å². The zero-order valence-electron chi connectivity index (χ0n) is 10.9. The molecule has 5 nitrogen and oxygen atoms in total. The Bertz CT molecular complexity index is 297. The third-order valence-corrected chi connectivity index (χ3v) is 2.70. The minimum Gasteiger partial charge on any atom is -0.444 e. The molecule has 17 heavy (non-hydrogen) atoms. The van der Waals surface area contributed by atoms with Crippen LogP contribution in [0.5, 0.6) is 0 Å². The highest BCUT2D eigenvalue weighted by molar-refractivity contribution is 5.81. The van der Waals surface area contributed by atoms with Crippen LogP contribution in [-0.4, -0.2) is 41.5 Å². The molecule has 0 radical (unpaired) electrons. The van der Waals surface area contributed by atoms with Gasteiger partial charge in [-0.3, -0.25) is 4.79 Å². The largest absolute Gasteiger partial charge is 0.444 e. The third-order valence-electron chi connectivity index (χ3n) is 2.70. The number of likely N-dealkylation sites (tertiary alicyclic amines) is 1.